The number of nitrogens with zero attached hydrogens (tertiary/aromatic N) is 2. The average Bonchev–Trinajstić information content (AvgIpc) is 3.12. The van der Waals surface area contributed by atoms with E-state index < -0.39 is 11.6 Å². The molecule has 0 radical (unpaired) electrons. The monoisotopic (exact) mass is 460 g/mol. The van der Waals surface area contributed by atoms with Crippen LogP contribution in [0.1, 0.15) is 57.4 Å². The molecular weight excluding hydrogens is 428 g/mol. The number of unbranched alkanes of at least 4 members (excludes halogenated alkanes) is 1. The van der Waals surface area contributed by atoms with Crippen LogP contribution in [-0.2, 0) is 19.9 Å². The molecular formula is C24H33ClN4O3. The second-order valence-corrected chi connectivity index (χ2v) is 9.81. The lowest BCUT2D eigenvalue weighted by molar-refractivity contribution is -0.137. The van der Waals surface area contributed by atoms with E-state index in [2.05, 4.69) is 11.8 Å². The zero-order valence-corrected chi connectivity index (χ0v) is 19.4. The third-order valence-corrected chi connectivity index (χ3v) is 7.54. The Kier molecular flexibility index (Phi) is 6.89. The normalized spacial score (nSPS) is 31.2. The first-order chi connectivity index (χ1) is 15.3. The first kappa shape index (κ1) is 23.2. The number of ketones is 1. The highest BCUT2D eigenvalue weighted by molar-refractivity contribution is 6.32. The molecule has 1 saturated carbocycles. The van der Waals surface area contributed by atoms with E-state index in [1.165, 1.54) is 0 Å². The van der Waals surface area contributed by atoms with Crippen molar-refractivity contribution in [1.82, 2.24) is 4.90 Å². The molecule has 0 aromatic heterocycles. The van der Waals surface area contributed by atoms with E-state index in [1.54, 1.807) is 6.07 Å². The van der Waals surface area contributed by atoms with E-state index in [9.17, 15) is 9.59 Å². The molecule has 1 saturated heterocycles. The van der Waals surface area contributed by atoms with Gasteiger partial charge in [-0.05, 0) is 63.6 Å². The maximum Gasteiger partial charge on any atom is 0.235 e. The molecule has 2 aliphatic heterocycles. The largest absolute Gasteiger partial charge is 0.468 e. The Morgan fingerprint density at radius 3 is 2.88 bits per heavy atom. The van der Waals surface area contributed by atoms with Crippen molar-refractivity contribution >= 4 is 29.2 Å². The number of nitrogens with two attached hydrogens (primary N) is 2. The molecule has 0 spiro atoms. The number of Topliss-reactive ketones (excluding diaryl/α,β-unsaturated/α-hetero) is 1. The lowest BCUT2D eigenvalue weighted by Crippen LogP contribution is -2.54. The molecule has 5 atom stereocenters. The molecule has 1 aromatic rings. The highest BCUT2D eigenvalue weighted by atomic mass is 35.5. The smallest absolute Gasteiger partial charge is 0.235 e. The van der Waals surface area contributed by atoms with Crippen molar-refractivity contribution in [2.75, 3.05) is 13.1 Å². The van der Waals surface area contributed by atoms with Gasteiger partial charge in [-0.1, -0.05) is 43.1 Å². The SMILES string of the molecule is CC1CCN(CCCCC(N)C2=N[C@]3(c4ccccc4Cl)CCC[C@H](O2)C3=O)C1C(N)=O. The van der Waals surface area contributed by atoms with Crippen molar-refractivity contribution in [2.45, 2.75) is 75.6 Å². The molecule has 1 amide bonds. The van der Waals surface area contributed by atoms with Crippen LogP contribution in [0.15, 0.2) is 29.3 Å². The van der Waals surface area contributed by atoms with Crippen molar-refractivity contribution in [1.29, 1.82) is 0 Å². The molecule has 8 heteroatoms. The van der Waals surface area contributed by atoms with Crippen LogP contribution in [0.3, 0.4) is 0 Å². The van der Waals surface area contributed by atoms with Gasteiger partial charge in [0.25, 0.3) is 0 Å². The van der Waals surface area contributed by atoms with Gasteiger partial charge >= 0.3 is 0 Å². The molecule has 2 bridgehead atoms. The number of benzene rings is 1. The van der Waals surface area contributed by atoms with Gasteiger partial charge in [0.2, 0.25) is 17.6 Å². The highest BCUT2D eigenvalue weighted by Gasteiger charge is 2.52. The van der Waals surface area contributed by atoms with Crippen LogP contribution in [0.2, 0.25) is 5.02 Å². The van der Waals surface area contributed by atoms with Gasteiger partial charge in [0.15, 0.2) is 11.6 Å². The second kappa shape index (κ2) is 9.49. The fourth-order valence-electron chi connectivity index (χ4n) is 5.48. The summed E-state index contributed by atoms with van der Waals surface area (Å²) in [6, 6.07) is 6.87. The topological polar surface area (TPSA) is 111 Å². The third kappa shape index (κ3) is 4.30. The van der Waals surface area contributed by atoms with Crippen LogP contribution in [-0.4, -0.2) is 53.8 Å². The van der Waals surface area contributed by atoms with Gasteiger partial charge < -0.3 is 16.2 Å². The Bertz CT molecular complexity index is 907. The van der Waals surface area contributed by atoms with Gasteiger partial charge in [-0.3, -0.25) is 14.5 Å². The summed E-state index contributed by atoms with van der Waals surface area (Å²) in [5.41, 5.74) is 11.8. The number of hydrogen-bond donors (Lipinski definition) is 2. The Hall–Kier alpha value is -1.96. The first-order valence-electron chi connectivity index (χ1n) is 11.7. The minimum atomic E-state index is -0.993. The van der Waals surface area contributed by atoms with Gasteiger partial charge in [0, 0.05) is 10.6 Å². The average molecular weight is 461 g/mol. The number of rotatable bonds is 8. The number of amides is 1. The van der Waals surface area contributed by atoms with E-state index >= 15 is 0 Å². The van der Waals surface area contributed by atoms with Gasteiger partial charge in [0.1, 0.15) is 0 Å². The van der Waals surface area contributed by atoms with E-state index in [0.29, 0.717) is 36.1 Å². The van der Waals surface area contributed by atoms with Crippen molar-refractivity contribution in [2.24, 2.45) is 22.4 Å². The van der Waals surface area contributed by atoms with Gasteiger partial charge in [0.05, 0.1) is 12.1 Å². The Balaban J connectivity index is 1.42. The van der Waals surface area contributed by atoms with E-state index in [0.717, 1.165) is 44.3 Å². The standard InChI is InChI=1S/C24H33ClN4O3/c1-15-11-14-29(20(15)22(27)31)13-5-4-9-18(26)23-28-24(16-7-2-3-8-17(16)25)12-6-10-19(32-23)21(24)30/h2-3,7-8,15,18-20H,4-6,9-14,26H2,1H3,(H2,27,31)/t15?,18?,19-,20?,24-/m0/s1. The Morgan fingerprint density at radius 2 is 2.12 bits per heavy atom. The van der Waals surface area contributed by atoms with Crippen molar-refractivity contribution in [3.8, 4) is 0 Å². The number of fused-ring (bicyclic) bond motifs is 2. The maximum atomic E-state index is 13.2. The summed E-state index contributed by atoms with van der Waals surface area (Å²) in [6.07, 6.45) is 5.11. The van der Waals surface area contributed by atoms with Gasteiger partial charge in [-0.2, -0.15) is 0 Å². The van der Waals surface area contributed by atoms with Crippen molar-refractivity contribution in [3.63, 3.8) is 0 Å². The number of ether oxygens (including phenoxy) is 1. The number of halogens is 1. The lowest BCUT2D eigenvalue weighted by Gasteiger charge is -2.42. The van der Waals surface area contributed by atoms with Crippen LogP contribution in [0, 0.1) is 5.92 Å². The summed E-state index contributed by atoms with van der Waals surface area (Å²) in [6.45, 7) is 3.81. The summed E-state index contributed by atoms with van der Waals surface area (Å²) >= 11 is 6.47. The molecule has 1 aromatic carbocycles. The summed E-state index contributed by atoms with van der Waals surface area (Å²) in [5, 5.41) is 0.545. The first-order valence-corrected chi connectivity index (χ1v) is 12.1. The molecule has 4 N–H and O–H groups in total. The zero-order chi connectivity index (χ0) is 22.9. The predicted octanol–water partition coefficient (Wildman–Crippen LogP) is 2.78. The number of aliphatic imine (C=N–C) groups is 1. The van der Waals surface area contributed by atoms with E-state index in [4.69, 9.17) is 32.8 Å². The number of carbonyl (C=O) groups excluding carboxylic acids is 2. The summed E-state index contributed by atoms with van der Waals surface area (Å²) in [4.78, 5) is 31.9. The number of primary amides is 1. The second-order valence-electron chi connectivity index (χ2n) is 9.40. The quantitative estimate of drug-likeness (QED) is 0.579. The van der Waals surface area contributed by atoms with Crippen molar-refractivity contribution < 1.29 is 14.3 Å². The van der Waals surface area contributed by atoms with Crippen molar-refractivity contribution in [3.05, 3.63) is 34.9 Å². The summed E-state index contributed by atoms with van der Waals surface area (Å²) in [7, 11) is 0. The molecule has 4 rings (SSSR count). The fourth-order valence-corrected chi connectivity index (χ4v) is 5.77. The molecule has 3 aliphatic rings. The van der Waals surface area contributed by atoms with Crippen LogP contribution < -0.4 is 11.5 Å². The summed E-state index contributed by atoms with van der Waals surface area (Å²) < 4.78 is 5.97. The molecule has 32 heavy (non-hydrogen) atoms. The van der Waals surface area contributed by atoms with Crippen LogP contribution in [0.4, 0.5) is 0 Å². The molecule has 1 aliphatic carbocycles. The summed E-state index contributed by atoms with van der Waals surface area (Å²) in [5.74, 6) is 0.503. The number of likely N-dealkylation sites (tertiary alicyclic amines) is 1. The van der Waals surface area contributed by atoms with Crippen LogP contribution >= 0.6 is 11.6 Å². The van der Waals surface area contributed by atoms with E-state index in [-0.39, 0.29) is 23.8 Å². The Morgan fingerprint density at radius 1 is 1.34 bits per heavy atom. The predicted molar refractivity (Wildman–Crippen MR) is 124 cm³/mol. The molecule has 2 fully saturated rings. The molecule has 2 heterocycles. The zero-order valence-electron chi connectivity index (χ0n) is 18.6. The maximum absolute atomic E-state index is 13.2. The fraction of sp³-hybridized carbons (Fsp3) is 0.625. The van der Waals surface area contributed by atoms with Gasteiger partial charge in [-0.25, -0.2) is 4.99 Å². The van der Waals surface area contributed by atoms with Crippen LogP contribution in [0.25, 0.3) is 0 Å². The minimum Gasteiger partial charge on any atom is -0.468 e. The number of hydrogen-bond acceptors (Lipinski definition) is 6. The highest BCUT2D eigenvalue weighted by Crippen LogP contribution is 2.44. The molecule has 7 nitrogen and oxygen atoms in total. The Labute approximate surface area is 194 Å². The number of carbonyl (C=O) groups is 2. The van der Waals surface area contributed by atoms with Gasteiger partial charge in [-0.15, -0.1) is 0 Å². The molecule has 174 valence electrons. The molecule has 3 unspecified atom stereocenters. The third-order valence-electron chi connectivity index (χ3n) is 7.21. The van der Waals surface area contributed by atoms with E-state index in [1.807, 2.05) is 18.2 Å². The van der Waals surface area contributed by atoms with Crippen LogP contribution in [0.5, 0.6) is 0 Å². The minimum absolute atomic E-state index is 0.0200. The lowest BCUT2D eigenvalue weighted by atomic mass is 9.73.